The second kappa shape index (κ2) is 15.4. The van der Waals surface area contributed by atoms with Crippen LogP contribution in [0.2, 0.25) is 5.02 Å². The molecule has 9 heteroatoms. The number of pyridine rings is 1. The summed E-state index contributed by atoms with van der Waals surface area (Å²) < 4.78 is 18.8. The molecule has 0 amide bonds. The average Bonchev–Trinajstić information content (AvgIpc) is 3.80. The third-order valence-electron chi connectivity index (χ3n) is 7.65. The molecule has 1 aromatic carbocycles. The van der Waals surface area contributed by atoms with Crippen LogP contribution in [0, 0.1) is 0 Å². The number of alkyl halides is 1. The average molecular weight is 573 g/mol. The van der Waals surface area contributed by atoms with Gasteiger partial charge in [-0.25, -0.2) is 14.2 Å². The second-order valence-electron chi connectivity index (χ2n) is 10.8. The highest BCUT2D eigenvalue weighted by Crippen LogP contribution is 2.32. The Morgan fingerprint density at radius 3 is 2.80 bits per heavy atom. The number of carboxylic acid groups (broad SMARTS) is 1. The summed E-state index contributed by atoms with van der Waals surface area (Å²) in [6, 6.07) is 11.2. The fraction of sp³-hybridized carbons (Fsp3) is 0.548. The predicted molar refractivity (Wildman–Crippen MR) is 158 cm³/mol. The molecule has 218 valence electrons. The Morgan fingerprint density at radius 1 is 1.23 bits per heavy atom. The van der Waals surface area contributed by atoms with E-state index in [1.54, 1.807) is 0 Å². The topological polar surface area (TPSA) is 86.7 Å². The number of fused-ring (bicyclic) bond motifs is 1. The van der Waals surface area contributed by atoms with E-state index >= 15 is 0 Å². The maximum atomic E-state index is 13.5. The number of benzene rings is 1. The SMILES string of the molecule is COC(CF)CN(CCCCc1ccc2c(n1)NCCC2)CCC(NC(Cc1cccc(Cl)c1)=C1CC1)C(=O)O. The van der Waals surface area contributed by atoms with Gasteiger partial charge in [-0.05, 0) is 87.2 Å². The summed E-state index contributed by atoms with van der Waals surface area (Å²) in [5.74, 6) is 0.130. The van der Waals surface area contributed by atoms with Crippen molar-refractivity contribution in [2.24, 2.45) is 0 Å². The van der Waals surface area contributed by atoms with Gasteiger partial charge < -0.3 is 25.4 Å². The summed E-state index contributed by atoms with van der Waals surface area (Å²) in [5.41, 5.74) is 5.66. The number of hydrogen-bond acceptors (Lipinski definition) is 6. The van der Waals surface area contributed by atoms with Gasteiger partial charge in [0.1, 0.15) is 18.5 Å². The lowest BCUT2D eigenvalue weighted by Crippen LogP contribution is -2.42. The van der Waals surface area contributed by atoms with Crippen molar-refractivity contribution in [2.75, 3.05) is 45.3 Å². The van der Waals surface area contributed by atoms with E-state index in [1.165, 1.54) is 18.2 Å². The minimum Gasteiger partial charge on any atom is -0.480 e. The fourth-order valence-corrected chi connectivity index (χ4v) is 5.40. The van der Waals surface area contributed by atoms with Gasteiger partial charge in [-0.2, -0.15) is 0 Å². The largest absolute Gasteiger partial charge is 0.480 e. The van der Waals surface area contributed by atoms with Crippen LogP contribution in [0.25, 0.3) is 0 Å². The molecule has 2 aromatic rings. The number of aromatic nitrogens is 1. The molecular formula is C31H42ClFN4O3. The van der Waals surface area contributed by atoms with Gasteiger partial charge in [-0.1, -0.05) is 35.4 Å². The molecule has 7 nitrogen and oxygen atoms in total. The van der Waals surface area contributed by atoms with E-state index in [-0.39, 0.29) is 0 Å². The third-order valence-corrected chi connectivity index (χ3v) is 7.89. The van der Waals surface area contributed by atoms with Crippen LogP contribution in [0.4, 0.5) is 10.2 Å². The van der Waals surface area contributed by atoms with Gasteiger partial charge in [-0.15, -0.1) is 0 Å². The Morgan fingerprint density at radius 2 is 2.08 bits per heavy atom. The molecule has 0 radical (unpaired) electrons. The molecule has 1 aliphatic heterocycles. The molecule has 2 aliphatic rings. The van der Waals surface area contributed by atoms with Crippen LogP contribution in [0.3, 0.4) is 0 Å². The molecule has 3 N–H and O–H groups in total. The maximum Gasteiger partial charge on any atom is 0.326 e. The number of halogens is 2. The number of carboxylic acids is 1. The molecule has 1 fully saturated rings. The van der Waals surface area contributed by atoms with E-state index < -0.39 is 24.8 Å². The first-order valence-corrected chi connectivity index (χ1v) is 14.8. The molecule has 2 unspecified atom stereocenters. The second-order valence-corrected chi connectivity index (χ2v) is 11.3. The Hall–Kier alpha value is -2.68. The van der Waals surface area contributed by atoms with Crippen LogP contribution < -0.4 is 10.6 Å². The van der Waals surface area contributed by atoms with Crippen molar-refractivity contribution in [3.05, 3.63) is 69.5 Å². The summed E-state index contributed by atoms with van der Waals surface area (Å²) in [5, 5.41) is 17.4. The van der Waals surface area contributed by atoms with Crippen LogP contribution in [-0.2, 0) is 28.8 Å². The number of carbonyl (C=O) groups is 1. The zero-order valence-electron chi connectivity index (χ0n) is 23.4. The molecule has 0 saturated heterocycles. The summed E-state index contributed by atoms with van der Waals surface area (Å²) in [6.45, 7) is 2.10. The lowest BCUT2D eigenvalue weighted by Gasteiger charge is -2.27. The molecule has 1 saturated carbocycles. The van der Waals surface area contributed by atoms with E-state index in [2.05, 4.69) is 27.7 Å². The summed E-state index contributed by atoms with van der Waals surface area (Å²) in [4.78, 5) is 19.1. The maximum absolute atomic E-state index is 13.5. The summed E-state index contributed by atoms with van der Waals surface area (Å²) in [6.07, 6.45) is 7.43. The first-order chi connectivity index (χ1) is 19.4. The first-order valence-electron chi connectivity index (χ1n) is 14.4. The van der Waals surface area contributed by atoms with Gasteiger partial charge in [-0.3, -0.25) is 0 Å². The normalized spacial score (nSPS) is 15.8. The quantitative estimate of drug-likeness (QED) is 0.218. The zero-order valence-corrected chi connectivity index (χ0v) is 24.2. The number of nitrogens with one attached hydrogen (secondary N) is 2. The van der Waals surface area contributed by atoms with Gasteiger partial charge in [0.05, 0.1) is 6.10 Å². The third kappa shape index (κ3) is 9.46. The molecule has 4 rings (SSSR count). The van der Waals surface area contributed by atoms with Crippen molar-refractivity contribution >= 4 is 23.4 Å². The van der Waals surface area contributed by atoms with Crippen molar-refractivity contribution in [3.8, 4) is 0 Å². The fourth-order valence-electron chi connectivity index (χ4n) is 5.19. The molecule has 2 atom stereocenters. The Bertz CT molecular complexity index is 1150. The standard InChI is InChI=1S/C31H42ClFN4O3/c1-40-27(20-33)21-37(16-3-2-9-26-13-12-24-7-5-15-34-30(24)35-26)17-14-28(31(38)39)36-29(23-10-11-23)19-22-6-4-8-25(32)18-22/h4,6,8,12-13,18,27-28,36H,2-3,5,7,9-11,14-17,19-21H2,1H3,(H,34,35)(H,38,39). The molecule has 2 heterocycles. The Balaban J connectivity index is 1.31. The number of nitrogens with zero attached hydrogens (tertiary/aromatic N) is 2. The van der Waals surface area contributed by atoms with Crippen LogP contribution >= 0.6 is 11.6 Å². The minimum atomic E-state index is -0.884. The summed E-state index contributed by atoms with van der Waals surface area (Å²) in [7, 11) is 1.52. The first kappa shape index (κ1) is 30.3. The lowest BCUT2D eigenvalue weighted by molar-refractivity contribution is -0.139. The highest BCUT2D eigenvalue weighted by Gasteiger charge is 2.25. The number of unbranched alkanes of at least 4 members (excludes halogenated alkanes) is 1. The number of rotatable bonds is 17. The van der Waals surface area contributed by atoms with E-state index in [0.29, 0.717) is 31.0 Å². The van der Waals surface area contributed by atoms with Gasteiger partial charge >= 0.3 is 5.97 Å². The van der Waals surface area contributed by atoms with E-state index in [1.807, 2.05) is 24.3 Å². The van der Waals surface area contributed by atoms with Gasteiger partial charge in [0, 0.05) is 49.6 Å². The zero-order chi connectivity index (χ0) is 28.3. The van der Waals surface area contributed by atoms with Gasteiger partial charge in [0.15, 0.2) is 0 Å². The number of aliphatic carboxylic acids is 1. The number of aryl methyl sites for hydroxylation is 2. The molecular weight excluding hydrogens is 531 g/mol. The van der Waals surface area contributed by atoms with Crippen LogP contribution in [0.1, 0.15) is 55.3 Å². The molecule has 1 aromatic heterocycles. The Labute approximate surface area is 242 Å². The van der Waals surface area contributed by atoms with Crippen LogP contribution in [0.15, 0.2) is 47.7 Å². The molecule has 0 bridgehead atoms. The van der Waals surface area contributed by atoms with Crippen molar-refractivity contribution < 1.29 is 19.0 Å². The Kier molecular flexibility index (Phi) is 11.6. The smallest absolute Gasteiger partial charge is 0.326 e. The van der Waals surface area contributed by atoms with Crippen molar-refractivity contribution in [1.29, 1.82) is 0 Å². The number of anilines is 1. The van der Waals surface area contributed by atoms with Gasteiger partial charge in [0.2, 0.25) is 0 Å². The number of ether oxygens (including phenoxy) is 1. The number of methoxy groups -OCH3 is 1. The highest BCUT2D eigenvalue weighted by molar-refractivity contribution is 6.30. The lowest BCUT2D eigenvalue weighted by atomic mass is 10.1. The molecule has 0 spiro atoms. The van der Waals surface area contributed by atoms with E-state index in [9.17, 15) is 14.3 Å². The molecule has 40 heavy (non-hydrogen) atoms. The van der Waals surface area contributed by atoms with Crippen molar-refractivity contribution in [2.45, 2.75) is 69.9 Å². The van der Waals surface area contributed by atoms with Crippen molar-refractivity contribution in [1.82, 2.24) is 15.2 Å². The number of hydrogen-bond donors (Lipinski definition) is 3. The van der Waals surface area contributed by atoms with Crippen LogP contribution in [-0.4, -0.2) is 73.1 Å². The van der Waals surface area contributed by atoms with Gasteiger partial charge in [0.25, 0.3) is 0 Å². The monoisotopic (exact) mass is 572 g/mol. The van der Waals surface area contributed by atoms with E-state index in [0.717, 1.165) is 80.8 Å². The number of allylic oxidation sites excluding steroid dienone is 2. The van der Waals surface area contributed by atoms with Crippen molar-refractivity contribution in [3.63, 3.8) is 0 Å². The highest BCUT2D eigenvalue weighted by atomic mass is 35.5. The minimum absolute atomic E-state index is 0.405. The predicted octanol–water partition coefficient (Wildman–Crippen LogP) is 5.43. The van der Waals surface area contributed by atoms with Crippen LogP contribution in [0.5, 0.6) is 0 Å². The molecule has 1 aliphatic carbocycles. The summed E-state index contributed by atoms with van der Waals surface area (Å²) >= 11 is 6.17. The van der Waals surface area contributed by atoms with E-state index in [4.69, 9.17) is 21.3 Å².